The minimum absolute atomic E-state index is 0.0814. The summed E-state index contributed by atoms with van der Waals surface area (Å²) in [6.07, 6.45) is 89.9. The molecule has 0 bridgehead atoms. The third kappa shape index (κ3) is 65.0. The molecule has 0 rings (SSSR count). The van der Waals surface area contributed by atoms with Gasteiger partial charge in [0, 0.05) is 19.3 Å². The number of carbonyl (C=O) groups is 3. The van der Waals surface area contributed by atoms with E-state index in [2.05, 4.69) is 118 Å². The first-order valence-corrected chi connectivity index (χ1v) is 33.7. The van der Waals surface area contributed by atoms with Crippen molar-refractivity contribution in [3.63, 3.8) is 0 Å². The van der Waals surface area contributed by atoms with Crippen molar-refractivity contribution in [3.8, 4) is 0 Å². The van der Waals surface area contributed by atoms with Gasteiger partial charge < -0.3 is 14.2 Å². The maximum absolute atomic E-state index is 12.9. The van der Waals surface area contributed by atoms with Crippen LogP contribution < -0.4 is 0 Å². The zero-order valence-electron chi connectivity index (χ0n) is 52.1. The highest BCUT2D eigenvalue weighted by molar-refractivity contribution is 5.71. The number of carbonyl (C=O) groups excluding carboxylic acids is 3. The average molecular weight is 1100 g/mol. The van der Waals surface area contributed by atoms with E-state index in [0.717, 1.165) is 109 Å². The van der Waals surface area contributed by atoms with Crippen molar-refractivity contribution in [2.45, 2.75) is 335 Å². The molecule has 0 N–H and O–H groups in total. The Balaban J connectivity index is 4.31. The second kappa shape index (κ2) is 66.8. The van der Waals surface area contributed by atoms with Gasteiger partial charge in [-0.05, 0) is 116 Å². The number of hydrogen-bond donors (Lipinski definition) is 0. The molecule has 0 aliphatic carbocycles. The van der Waals surface area contributed by atoms with E-state index < -0.39 is 6.10 Å². The molecule has 0 fully saturated rings. The summed E-state index contributed by atoms with van der Waals surface area (Å²) in [5, 5.41) is 0. The normalized spacial score (nSPS) is 12.7. The van der Waals surface area contributed by atoms with Gasteiger partial charge in [-0.1, -0.05) is 291 Å². The van der Waals surface area contributed by atoms with Gasteiger partial charge in [0.2, 0.25) is 0 Å². The average Bonchev–Trinajstić information content (AvgIpc) is 3.45. The molecule has 0 heterocycles. The largest absolute Gasteiger partial charge is 0.462 e. The highest BCUT2D eigenvalue weighted by atomic mass is 16.6. The van der Waals surface area contributed by atoms with Crippen LogP contribution >= 0.6 is 0 Å². The first-order chi connectivity index (χ1) is 39.0. The molecule has 0 saturated heterocycles. The van der Waals surface area contributed by atoms with Crippen molar-refractivity contribution in [1.82, 2.24) is 0 Å². The monoisotopic (exact) mass is 1100 g/mol. The predicted molar refractivity (Wildman–Crippen MR) is 344 cm³/mol. The van der Waals surface area contributed by atoms with Crippen LogP contribution in [0.5, 0.6) is 0 Å². The van der Waals surface area contributed by atoms with Gasteiger partial charge in [0.25, 0.3) is 0 Å². The molecule has 0 aliphatic rings. The lowest BCUT2D eigenvalue weighted by Gasteiger charge is -2.18. The van der Waals surface area contributed by atoms with Crippen molar-refractivity contribution < 1.29 is 28.6 Å². The van der Waals surface area contributed by atoms with Gasteiger partial charge in [0.15, 0.2) is 6.10 Å². The van der Waals surface area contributed by atoms with Crippen LogP contribution in [0.2, 0.25) is 0 Å². The standard InChI is InChI=1S/C73H126O6/c1-4-7-10-13-16-19-22-25-28-31-32-33-34-35-36-37-38-39-40-43-45-48-51-54-57-60-63-66-72(75)78-69-70(79-73(76)67-64-61-58-55-52-49-46-42-30-27-24-21-18-15-12-9-6-3)68-77-71(74)65-62-59-56-53-50-47-44-41-29-26-23-20-17-14-11-8-5-2/h7,9-10,12,16,18-19,21,25-30,32-33,70H,4-6,8,11,13-15,17,20,22-24,31,34-69H2,1-3H3/b10-7-,12-9-,19-16-,21-18-,28-25-,29-26-,30-27-,33-32-. The number of ether oxygens (including phenoxy) is 3. The molecule has 0 amide bonds. The van der Waals surface area contributed by atoms with Crippen LogP contribution in [0.15, 0.2) is 97.2 Å². The lowest BCUT2D eigenvalue weighted by Crippen LogP contribution is -2.30. The van der Waals surface area contributed by atoms with Gasteiger partial charge in [-0.2, -0.15) is 0 Å². The van der Waals surface area contributed by atoms with Crippen molar-refractivity contribution in [2.75, 3.05) is 13.2 Å². The number of hydrogen-bond acceptors (Lipinski definition) is 6. The van der Waals surface area contributed by atoms with Gasteiger partial charge in [0.1, 0.15) is 13.2 Å². The van der Waals surface area contributed by atoms with Gasteiger partial charge >= 0.3 is 17.9 Å². The van der Waals surface area contributed by atoms with E-state index in [1.165, 1.54) is 180 Å². The van der Waals surface area contributed by atoms with Crippen LogP contribution in [0, 0.1) is 0 Å². The summed E-state index contributed by atoms with van der Waals surface area (Å²) in [5.74, 6) is -0.882. The molecule has 1 unspecified atom stereocenters. The molecule has 1 atom stereocenters. The van der Waals surface area contributed by atoms with Gasteiger partial charge in [-0.3, -0.25) is 14.4 Å². The van der Waals surface area contributed by atoms with Crippen LogP contribution in [0.4, 0.5) is 0 Å². The molecule has 0 aliphatic heterocycles. The van der Waals surface area contributed by atoms with Crippen molar-refractivity contribution in [3.05, 3.63) is 97.2 Å². The number of allylic oxidation sites excluding steroid dienone is 16. The van der Waals surface area contributed by atoms with Gasteiger partial charge in [0.05, 0.1) is 0 Å². The Labute approximate surface area is 489 Å². The van der Waals surface area contributed by atoms with Crippen LogP contribution in [0.25, 0.3) is 0 Å². The minimum Gasteiger partial charge on any atom is -0.462 e. The Kier molecular flexibility index (Phi) is 63.7. The molecule has 454 valence electrons. The molecule has 0 saturated carbocycles. The van der Waals surface area contributed by atoms with Gasteiger partial charge in [-0.15, -0.1) is 0 Å². The lowest BCUT2D eigenvalue weighted by molar-refractivity contribution is -0.167. The third-order valence-electron chi connectivity index (χ3n) is 14.6. The maximum Gasteiger partial charge on any atom is 0.306 e. The summed E-state index contributed by atoms with van der Waals surface area (Å²) in [7, 11) is 0. The molecule has 0 aromatic rings. The van der Waals surface area contributed by atoms with Crippen LogP contribution in [0.3, 0.4) is 0 Å². The highest BCUT2D eigenvalue weighted by Crippen LogP contribution is 2.17. The summed E-state index contributed by atoms with van der Waals surface area (Å²) < 4.78 is 17.0. The summed E-state index contributed by atoms with van der Waals surface area (Å²) >= 11 is 0. The summed E-state index contributed by atoms with van der Waals surface area (Å²) in [5.41, 5.74) is 0. The molecular formula is C73H126O6. The lowest BCUT2D eigenvalue weighted by atomic mass is 10.0. The van der Waals surface area contributed by atoms with E-state index in [9.17, 15) is 14.4 Å². The third-order valence-corrected chi connectivity index (χ3v) is 14.6. The first-order valence-electron chi connectivity index (χ1n) is 33.7. The van der Waals surface area contributed by atoms with Crippen molar-refractivity contribution in [2.24, 2.45) is 0 Å². The van der Waals surface area contributed by atoms with Crippen LogP contribution in [-0.4, -0.2) is 37.2 Å². The highest BCUT2D eigenvalue weighted by Gasteiger charge is 2.19. The zero-order chi connectivity index (χ0) is 57.1. The smallest absolute Gasteiger partial charge is 0.306 e. The van der Waals surface area contributed by atoms with E-state index in [-0.39, 0.29) is 31.1 Å². The van der Waals surface area contributed by atoms with E-state index in [1.807, 2.05) is 0 Å². The van der Waals surface area contributed by atoms with E-state index in [1.54, 1.807) is 0 Å². The Morgan fingerprint density at radius 2 is 0.494 bits per heavy atom. The second-order valence-electron chi connectivity index (χ2n) is 22.3. The molecule has 79 heavy (non-hydrogen) atoms. The second-order valence-corrected chi connectivity index (χ2v) is 22.3. The predicted octanol–water partition coefficient (Wildman–Crippen LogP) is 23.2. The van der Waals surface area contributed by atoms with E-state index >= 15 is 0 Å². The Hall–Kier alpha value is -3.67. The fourth-order valence-corrected chi connectivity index (χ4v) is 9.56. The fraction of sp³-hybridized carbons (Fsp3) is 0.740. The number of esters is 3. The van der Waals surface area contributed by atoms with Crippen molar-refractivity contribution >= 4 is 17.9 Å². The van der Waals surface area contributed by atoms with Crippen LogP contribution in [-0.2, 0) is 28.6 Å². The fourth-order valence-electron chi connectivity index (χ4n) is 9.56. The Morgan fingerprint density at radius 1 is 0.266 bits per heavy atom. The Morgan fingerprint density at radius 3 is 0.785 bits per heavy atom. The quantitative estimate of drug-likeness (QED) is 0.0261. The summed E-state index contributed by atoms with van der Waals surface area (Å²) in [6, 6.07) is 0. The minimum atomic E-state index is -0.786. The molecular weight excluding hydrogens is 973 g/mol. The Bertz CT molecular complexity index is 1540. The molecule has 0 aromatic heterocycles. The molecule has 0 aromatic carbocycles. The first kappa shape index (κ1) is 75.3. The number of rotatable bonds is 61. The zero-order valence-corrected chi connectivity index (χ0v) is 52.1. The summed E-state index contributed by atoms with van der Waals surface area (Å²) in [6.45, 7) is 6.44. The van der Waals surface area contributed by atoms with E-state index in [0.29, 0.717) is 19.3 Å². The van der Waals surface area contributed by atoms with E-state index in [4.69, 9.17) is 14.2 Å². The molecule has 6 nitrogen and oxygen atoms in total. The molecule has 6 heteroatoms. The molecule has 0 spiro atoms. The molecule has 0 radical (unpaired) electrons. The summed E-state index contributed by atoms with van der Waals surface area (Å²) in [4.78, 5) is 38.4. The van der Waals surface area contributed by atoms with Crippen LogP contribution in [0.1, 0.15) is 329 Å². The van der Waals surface area contributed by atoms with Gasteiger partial charge in [-0.25, -0.2) is 0 Å². The number of unbranched alkanes of at least 4 members (excludes halogenated alkanes) is 34. The van der Waals surface area contributed by atoms with Crippen molar-refractivity contribution in [1.29, 1.82) is 0 Å². The maximum atomic E-state index is 12.9. The topological polar surface area (TPSA) is 78.9 Å². The SMILES string of the molecule is CC/C=C\C/C=C\C/C=C\C/C=C\CCCCCCCCCCCCCCCCC(=O)OCC(COC(=O)CCCCCCCCC/C=C\CCCCCCCC)OC(=O)CCCCCCCCC/C=C\C/C=C\C/C=C\CC.